The molecule has 0 aromatic heterocycles. The molecule has 0 atom stereocenters. The summed E-state index contributed by atoms with van der Waals surface area (Å²) in [5.41, 5.74) is 8.30. The fourth-order valence-electron chi connectivity index (χ4n) is 4.26. The molecule has 1 aliphatic heterocycles. The summed E-state index contributed by atoms with van der Waals surface area (Å²) in [6.07, 6.45) is 7.86. The first-order chi connectivity index (χ1) is 12.2. The van der Waals surface area contributed by atoms with Gasteiger partial charge in [0.15, 0.2) is 5.17 Å². The van der Waals surface area contributed by atoms with E-state index in [1.165, 1.54) is 35.7 Å². The van der Waals surface area contributed by atoms with Crippen LogP contribution in [0.3, 0.4) is 0 Å². The van der Waals surface area contributed by atoms with Gasteiger partial charge in [-0.2, -0.15) is 0 Å². The number of rotatable bonds is 2. The molecule has 3 nitrogen and oxygen atoms in total. The molecule has 0 amide bonds. The van der Waals surface area contributed by atoms with Gasteiger partial charge in [0, 0.05) is 22.2 Å². The Labute approximate surface area is 169 Å². The maximum Gasteiger partial charge on any atom is 0.151 e. The van der Waals surface area contributed by atoms with E-state index in [1.54, 1.807) is 0 Å². The third-order valence-corrected chi connectivity index (χ3v) is 6.95. The summed E-state index contributed by atoms with van der Waals surface area (Å²) >= 11 is 4.96. The summed E-state index contributed by atoms with van der Waals surface area (Å²) in [5, 5.41) is 7.61. The van der Waals surface area contributed by atoms with E-state index >= 15 is 0 Å². The van der Waals surface area contributed by atoms with Crippen LogP contribution in [0.15, 0.2) is 28.7 Å². The minimum atomic E-state index is -0.0741. The zero-order valence-electron chi connectivity index (χ0n) is 15.9. The normalized spacial score (nSPS) is 27.2. The first kappa shape index (κ1) is 19.8. The van der Waals surface area contributed by atoms with Crippen molar-refractivity contribution in [3.05, 3.63) is 34.3 Å². The van der Waals surface area contributed by atoms with Gasteiger partial charge in [-0.1, -0.05) is 54.5 Å². The highest BCUT2D eigenvalue weighted by Gasteiger charge is 2.43. The fourth-order valence-corrected chi connectivity index (χ4v) is 5.08. The number of hydrogen-bond donors (Lipinski definition) is 2. The van der Waals surface area contributed by atoms with E-state index in [9.17, 15) is 0 Å². The molecular weight excluding hydrogens is 408 g/mol. The predicted molar refractivity (Wildman–Crippen MR) is 116 cm³/mol. The van der Waals surface area contributed by atoms with Crippen molar-refractivity contribution < 1.29 is 4.74 Å². The van der Waals surface area contributed by atoms with Crippen LogP contribution in [0, 0.1) is 16.7 Å². The van der Waals surface area contributed by atoms with E-state index in [0.717, 1.165) is 41.2 Å². The maximum atomic E-state index is 7.44. The van der Waals surface area contributed by atoms with Crippen LogP contribution in [0.5, 0.6) is 5.75 Å². The van der Waals surface area contributed by atoms with Gasteiger partial charge in [0.05, 0.1) is 0 Å². The topological polar surface area (TPSA) is 59.1 Å². The number of thioether (sulfide) groups is 1. The van der Waals surface area contributed by atoms with Crippen molar-refractivity contribution in [2.45, 2.75) is 58.5 Å². The molecular formula is C21H29BrN2OS. The molecule has 1 spiro atoms. The van der Waals surface area contributed by atoms with E-state index in [-0.39, 0.29) is 10.8 Å². The Balaban J connectivity index is 1.85. The second kappa shape index (κ2) is 7.59. The number of hydrogen-bond acceptors (Lipinski definition) is 3. The largest absolute Gasteiger partial charge is 0.486 e. The summed E-state index contributed by atoms with van der Waals surface area (Å²) < 4.78 is 7.67. The van der Waals surface area contributed by atoms with Crippen LogP contribution in [0.1, 0.15) is 58.4 Å². The van der Waals surface area contributed by atoms with E-state index < -0.39 is 0 Å². The third-order valence-electron chi connectivity index (χ3n) is 5.82. The number of ether oxygens (including phenoxy) is 1. The minimum absolute atomic E-state index is 0.0741. The van der Waals surface area contributed by atoms with Gasteiger partial charge < -0.3 is 10.5 Å². The smallest absolute Gasteiger partial charge is 0.151 e. The molecule has 1 aromatic rings. The molecule has 0 bridgehead atoms. The van der Waals surface area contributed by atoms with Crippen molar-refractivity contribution in [2.24, 2.45) is 17.1 Å². The monoisotopic (exact) mass is 436 g/mol. The highest BCUT2D eigenvalue weighted by molar-refractivity contribution is 9.10. The van der Waals surface area contributed by atoms with E-state index in [1.807, 2.05) is 0 Å². The lowest BCUT2D eigenvalue weighted by atomic mass is 9.66. The predicted octanol–water partition coefficient (Wildman–Crippen LogP) is 6.22. The summed E-state index contributed by atoms with van der Waals surface area (Å²) in [6, 6.07) is 6.29. The molecule has 0 radical (unpaired) electrons. The summed E-state index contributed by atoms with van der Waals surface area (Å²) in [5.74, 6) is 2.49. The van der Waals surface area contributed by atoms with Crippen molar-refractivity contribution in [3.63, 3.8) is 0 Å². The molecule has 1 fully saturated rings. The first-order valence-corrected chi connectivity index (χ1v) is 11.1. The first-order valence-electron chi connectivity index (χ1n) is 9.33. The minimum Gasteiger partial charge on any atom is -0.486 e. The number of halogens is 1. The van der Waals surface area contributed by atoms with Crippen molar-refractivity contribution in [2.75, 3.05) is 5.75 Å². The quantitative estimate of drug-likeness (QED) is 0.427. The molecule has 26 heavy (non-hydrogen) atoms. The number of nitrogens with one attached hydrogen (secondary N) is 1. The Morgan fingerprint density at radius 3 is 2.69 bits per heavy atom. The van der Waals surface area contributed by atoms with Crippen molar-refractivity contribution in [1.82, 2.24) is 0 Å². The molecule has 142 valence electrons. The van der Waals surface area contributed by atoms with Crippen molar-refractivity contribution >= 4 is 38.4 Å². The maximum absolute atomic E-state index is 7.44. The summed E-state index contributed by atoms with van der Waals surface area (Å²) in [4.78, 5) is 0. The second-order valence-electron chi connectivity index (χ2n) is 8.65. The highest BCUT2D eigenvalue weighted by atomic mass is 79.9. The van der Waals surface area contributed by atoms with Gasteiger partial charge in [-0.15, -0.1) is 0 Å². The Bertz CT molecular complexity index is 715. The van der Waals surface area contributed by atoms with Crippen LogP contribution in [0.2, 0.25) is 0 Å². The summed E-state index contributed by atoms with van der Waals surface area (Å²) in [7, 11) is 0. The Hall–Kier alpha value is -0.940. The third kappa shape index (κ3) is 4.48. The van der Waals surface area contributed by atoms with Crippen molar-refractivity contribution in [1.29, 1.82) is 5.41 Å². The number of amidine groups is 1. The molecule has 3 rings (SSSR count). The SMILES string of the molecule is CC(C)(C)C1CCC2(CC1)CC(=CCSC(=N)N)c1cc(Br)ccc1O2. The number of fused-ring (bicyclic) bond motifs is 1. The van der Waals surface area contributed by atoms with Crippen LogP contribution >= 0.6 is 27.7 Å². The van der Waals surface area contributed by atoms with E-state index in [4.69, 9.17) is 15.9 Å². The van der Waals surface area contributed by atoms with Gasteiger partial charge in [-0.3, -0.25) is 5.41 Å². The lowest BCUT2D eigenvalue weighted by Crippen LogP contribution is -2.44. The van der Waals surface area contributed by atoms with Gasteiger partial charge in [0.25, 0.3) is 0 Å². The van der Waals surface area contributed by atoms with E-state index in [0.29, 0.717) is 5.41 Å². The zero-order chi connectivity index (χ0) is 18.9. The van der Waals surface area contributed by atoms with Gasteiger partial charge in [0.1, 0.15) is 11.4 Å². The van der Waals surface area contributed by atoms with E-state index in [2.05, 4.69) is 61.0 Å². The van der Waals surface area contributed by atoms with Crippen LogP contribution in [-0.2, 0) is 0 Å². The molecule has 1 aromatic carbocycles. The van der Waals surface area contributed by atoms with Crippen LogP contribution in [0.4, 0.5) is 0 Å². The summed E-state index contributed by atoms with van der Waals surface area (Å²) in [6.45, 7) is 7.07. The molecule has 0 unspecified atom stereocenters. The average molecular weight is 437 g/mol. The lowest BCUT2D eigenvalue weighted by Gasteiger charge is -2.47. The molecule has 2 aliphatic rings. The molecule has 5 heteroatoms. The Kier molecular flexibility index (Phi) is 5.78. The van der Waals surface area contributed by atoms with Gasteiger partial charge in [-0.05, 0) is 60.8 Å². The van der Waals surface area contributed by atoms with Gasteiger partial charge >= 0.3 is 0 Å². The second-order valence-corrected chi connectivity index (χ2v) is 10.6. The van der Waals surface area contributed by atoms with Crippen LogP contribution < -0.4 is 10.5 Å². The Morgan fingerprint density at radius 1 is 1.38 bits per heavy atom. The van der Waals surface area contributed by atoms with Crippen molar-refractivity contribution in [3.8, 4) is 5.75 Å². The number of nitrogens with two attached hydrogens (primary N) is 1. The Morgan fingerprint density at radius 2 is 2.08 bits per heavy atom. The highest BCUT2D eigenvalue weighted by Crippen LogP contribution is 2.50. The average Bonchev–Trinajstić information content (AvgIpc) is 2.55. The standard InChI is InChI=1S/C21H29BrN2OS/c1-20(2,3)15-6-9-21(10-7-15)13-14(8-11-26-19(23)24)17-12-16(22)4-5-18(17)25-21/h4-5,8,12,15H,6-7,9-11,13H2,1-3H3,(H3,23,24). The number of benzene rings is 1. The molecule has 0 saturated heterocycles. The molecule has 1 saturated carbocycles. The lowest BCUT2D eigenvalue weighted by molar-refractivity contribution is -0.00398. The molecule has 1 heterocycles. The fraction of sp³-hybridized carbons (Fsp3) is 0.571. The molecule has 1 aliphatic carbocycles. The van der Waals surface area contributed by atoms with Crippen LogP contribution in [-0.4, -0.2) is 16.5 Å². The molecule has 3 N–H and O–H groups in total. The zero-order valence-corrected chi connectivity index (χ0v) is 18.3. The van der Waals surface area contributed by atoms with Gasteiger partial charge in [-0.25, -0.2) is 0 Å². The van der Waals surface area contributed by atoms with Crippen LogP contribution in [0.25, 0.3) is 5.57 Å². The van der Waals surface area contributed by atoms with Gasteiger partial charge in [0.2, 0.25) is 0 Å².